The van der Waals surface area contributed by atoms with Crippen LogP contribution in [0.2, 0.25) is 0 Å². The van der Waals surface area contributed by atoms with Gasteiger partial charge in [-0.1, -0.05) is 0 Å². The average molecular weight is 570 g/mol. The first-order valence-corrected chi connectivity index (χ1v) is 12.6. The Bertz CT molecular complexity index is 1300. The molecular formula is C21H20FIN4O4S. The van der Waals surface area contributed by atoms with E-state index in [-0.39, 0.29) is 29.4 Å². The van der Waals surface area contributed by atoms with Gasteiger partial charge >= 0.3 is 0 Å². The van der Waals surface area contributed by atoms with Crippen molar-refractivity contribution in [3.63, 3.8) is 0 Å². The molecule has 1 N–H and O–H groups in total. The number of sulfonamides is 1. The predicted molar refractivity (Wildman–Crippen MR) is 127 cm³/mol. The molecule has 11 heteroatoms. The molecular weight excluding hydrogens is 550 g/mol. The number of aromatic nitrogens is 1. The Hall–Kier alpha value is -2.72. The second-order valence-corrected chi connectivity index (χ2v) is 10.1. The van der Waals surface area contributed by atoms with Gasteiger partial charge in [0.25, 0.3) is 5.91 Å². The van der Waals surface area contributed by atoms with Crippen molar-refractivity contribution < 1.29 is 22.0 Å². The maximum atomic E-state index is 13.4. The number of pyridine rings is 1. The summed E-state index contributed by atoms with van der Waals surface area (Å²) in [6.07, 6.45) is 2.45. The quantitative estimate of drug-likeness (QED) is 0.323. The van der Waals surface area contributed by atoms with E-state index >= 15 is 0 Å². The zero-order chi connectivity index (χ0) is 23.5. The van der Waals surface area contributed by atoms with Gasteiger partial charge in [0.2, 0.25) is 15.7 Å². The van der Waals surface area contributed by atoms with E-state index in [9.17, 15) is 17.6 Å². The minimum Gasteiger partial charge on any atom is -0.437 e. The molecule has 0 atom stereocenters. The van der Waals surface area contributed by atoms with Gasteiger partial charge in [-0.05, 0) is 65.8 Å². The van der Waals surface area contributed by atoms with Crippen LogP contribution in [-0.2, 0) is 10.0 Å². The maximum absolute atomic E-state index is 13.4. The van der Waals surface area contributed by atoms with E-state index < -0.39 is 21.7 Å². The van der Waals surface area contributed by atoms with Crippen molar-refractivity contribution in [1.82, 2.24) is 10.3 Å². The zero-order valence-corrected chi connectivity index (χ0v) is 20.3. The minimum atomic E-state index is -3.66. The van der Waals surface area contributed by atoms with Crippen molar-refractivity contribution in [2.24, 2.45) is 0 Å². The molecule has 32 heavy (non-hydrogen) atoms. The lowest BCUT2D eigenvalue weighted by atomic mass is 10.1. The van der Waals surface area contributed by atoms with Crippen molar-refractivity contribution in [3.8, 4) is 17.4 Å². The van der Waals surface area contributed by atoms with E-state index in [2.05, 4.69) is 10.3 Å². The van der Waals surface area contributed by atoms with Crippen molar-refractivity contribution in [1.29, 1.82) is 5.26 Å². The maximum Gasteiger partial charge on any atom is 0.255 e. The number of nitrogens with zero attached hydrogens (tertiary/aromatic N) is 3. The lowest BCUT2D eigenvalue weighted by molar-refractivity contribution is 0.0964. The number of nitriles is 1. The second kappa shape index (κ2) is 9.83. The highest BCUT2D eigenvalue weighted by molar-refractivity contribution is 14.1. The number of furan rings is 1. The lowest BCUT2D eigenvalue weighted by Crippen LogP contribution is -2.32. The Kier molecular flexibility index (Phi) is 7.35. The van der Waals surface area contributed by atoms with E-state index in [1.54, 1.807) is 6.07 Å². The fourth-order valence-corrected chi connectivity index (χ4v) is 5.01. The van der Waals surface area contributed by atoms with Crippen molar-refractivity contribution in [3.05, 3.63) is 45.3 Å². The fourth-order valence-electron chi connectivity index (χ4n) is 3.21. The van der Waals surface area contributed by atoms with Crippen LogP contribution in [0.3, 0.4) is 0 Å². The molecule has 0 fully saturated rings. The summed E-state index contributed by atoms with van der Waals surface area (Å²) in [5.74, 6) is -0.452. The molecule has 0 bridgehead atoms. The first-order chi connectivity index (χ1) is 15.2. The van der Waals surface area contributed by atoms with Gasteiger partial charge in [0.15, 0.2) is 5.82 Å². The largest absolute Gasteiger partial charge is 0.437 e. The number of carbonyl (C=O) groups excluding carboxylic acids is 1. The van der Waals surface area contributed by atoms with Crippen molar-refractivity contribution >= 4 is 55.4 Å². The summed E-state index contributed by atoms with van der Waals surface area (Å²) in [5.41, 5.74) is 0.797. The summed E-state index contributed by atoms with van der Waals surface area (Å²) in [6.45, 7) is 0.156. The number of unbranched alkanes of at least 4 members (excludes halogenated alkanes) is 2. The number of hydrogen-bond donors (Lipinski definition) is 1. The summed E-state index contributed by atoms with van der Waals surface area (Å²) >= 11 is 1.97. The molecule has 2 aromatic heterocycles. The summed E-state index contributed by atoms with van der Waals surface area (Å²) < 4.78 is 45.9. The molecule has 0 aliphatic rings. The molecule has 3 rings (SSSR count). The van der Waals surface area contributed by atoms with Crippen molar-refractivity contribution in [2.75, 3.05) is 24.2 Å². The second-order valence-electron chi connectivity index (χ2n) is 6.99. The smallest absolute Gasteiger partial charge is 0.255 e. The number of anilines is 1. The van der Waals surface area contributed by atoms with Gasteiger partial charge in [-0.25, -0.2) is 12.8 Å². The van der Waals surface area contributed by atoms with Gasteiger partial charge in [0.1, 0.15) is 11.6 Å². The first-order valence-electron chi connectivity index (χ1n) is 9.63. The predicted octanol–water partition coefficient (Wildman–Crippen LogP) is 4.06. The molecule has 0 aliphatic carbocycles. The molecule has 0 aliphatic heterocycles. The molecule has 1 amide bonds. The van der Waals surface area contributed by atoms with Crippen LogP contribution < -0.4 is 9.62 Å². The number of amides is 1. The molecule has 168 valence electrons. The van der Waals surface area contributed by atoms with E-state index in [4.69, 9.17) is 9.68 Å². The Morgan fingerprint density at radius 2 is 2.00 bits per heavy atom. The third kappa shape index (κ3) is 5.02. The standard InChI is InChI=1S/C21H20FIN4O4S/c1-25-20(28)17-15-12-16(23)19(27(32(2,29)30)11-5-3-4-10-24)26-21(15)31-18(17)13-6-8-14(22)9-7-13/h6-9,12H,3-5,11H2,1-2H3,(H,25,28). The van der Waals surface area contributed by atoms with Crippen LogP contribution in [0.15, 0.2) is 34.7 Å². The highest BCUT2D eigenvalue weighted by atomic mass is 127. The van der Waals surface area contributed by atoms with Crippen LogP contribution in [0.25, 0.3) is 22.4 Å². The molecule has 0 radical (unpaired) electrons. The normalized spacial score (nSPS) is 11.3. The van der Waals surface area contributed by atoms with Gasteiger partial charge in [-0.2, -0.15) is 10.2 Å². The minimum absolute atomic E-state index is 0.0871. The Morgan fingerprint density at radius 1 is 1.31 bits per heavy atom. The van der Waals surface area contributed by atoms with Crippen LogP contribution in [0.5, 0.6) is 0 Å². The van der Waals surface area contributed by atoms with Gasteiger partial charge in [-0.15, -0.1) is 0 Å². The summed E-state index contributed by atoms with van der Waals surface area (Å²) in [5, 5.41) is 11.7. The number of halogens is 2. The third-order valence-corrected chi connectivity index (χ3v) is 6.66. The molecule has 0 unspecified atom stereocenters. The molecule has 2 heterocycles. The Labute approximate surface area is 198 Å². The van der Waals surface area contributed by atoms with Gasteiger partial charge in [0, 0.05) is 25.6 Å². The Balaban J connectivity index is 2.17. The van der Waals surface area contributed by atoms with Crippen LogP contribution in [0, 0.1) is 20.7 Å². The van der Waals surface area contributed by atoms with E-state index in [1.807, 2.05) is 28.7 Å². The summed E-state index contributed by atoms with van der Waals surface area (Å²) in [7, 11) is -2.18. The fraction of sp³-hybridized carbons (Fsp3) is 0.286. The number of fused-ring (bicyclic) bond motifs is 1. The zero-order valence-electron chi connectivity index (χ0n) is 17.4. The number of benzene rings is 1. The average Bonchev–Trinajstić information content (AvgIpc) is 3.10. The van der Waals surface area contributed by atoms with Gasteiger partial charge in [0.05, 0.1) is 26.8 Å². The summed E-state index contributed by atoms with van der Waals surface area (Å²) in [4.78, 5) is 17.1. The van der Waals surface area contributed by atoms with E-state index in [0.29, 0.717) is 33.8 Å². The number of hydrogen-bond acceptors (Lipinski definition) is 6. The highest BCUT2D eigenvalue weighted by Crippen LogP contribution is 2.36. The number of nitrogens with one attached hydrogen (secondary N) is 1. The highest BCUT2D eigenvalue weighted by Gasteiger charge is 2.27. The SMILES string of the molecule is CNC(=O)c1c(-c2ccc(F)cc2)oc2nc(N(CCCCC#N)S(C)(=O)=O)c(I)cc12. The monoisotopic (exact) mass is 570 g/mol. The lowest BCUT2D eigenvalue weighted by Gasteiger charge is -2.22. The molecule has 0 saturated heterocycles. The molecule has 3 aromatic rings. The molecule has 0 spiro atoms. The van der Waals surface area contributed by atoms with E-state index in [0.717, 1.165) is 6.26 Å². The van der Waals surface area contributed by atoms with Gasteiger partial charge in [-0.3, -0.25) is 9.10 Å². The van der Waals surface area contributed by atoms with Crippen LogP contribution in [0.1, 0.15) is 29.6 Å². The summed E-state index contributed by atoms with van der Waals surface area (Å²) in [6, 6.07) is 9.17. The number of rotatable bonds is 8. The van der Waals surface area contributed by atoms with Gasteiger partial charge < -0.3 is 9.73 Å². The van der Waals surface area contributed by atoms with Crippen LogP contribution in [0.4, 0.5) is 10.2 Å². The van der Waals surface area contributed by atoms with Crippen LogP contribution >= 0.6 is 22.6 Å². The van der Waals surface area contributed by atoms with E-state index in [1.165, 1.54) is 35.6 Å². The first kappa shape index (κ1) is 23.9. The molecule has 0 saturated carbocycles. The third-order valence-electron chi connectivity index (χ3n) is 4.71. The van der Waals surface area contributed by atoms with Crippen molar-refractivity contribution in [2.45, 2.75) is 19.3 Å². The van der Waals surface area contributed by atoms with Crippen LogP contribution in [-0.4, -0.2) is 39.2 Å². The number of carbonyl (C=O) groups is 1. The molecule has 8 nitrogen and oxygen atoms in total. The topological polar surface area (TPSA) is 116 Å². The molecule has 1 aromatic carbocycles. The Morgan fingerprint density at radius 3 is 2.59 bits per heavy atom.